The van der Waals surface area contributed by atoms with Crippen LogP contribution in [0.5, 0.6) is 0 Å². The van der Waals surface area contributed by atoms with Gasteiger partial charge in [0.1, 0.15) is 0 Å². The van der Waals surface area contributed by atoms with Crippen LogP contribution >= 0.6 is 11.3 Å². The summed E-state index contributed by atoms with van der Waals surface area (Å²) in [6, 6.07) is 2.15. The Morgan fingerprint density at radius 1 is 1.42 bits per heavy atom. The van der Waals surface area contributed by atoms with Gasteiger partial charge in [-0.25, -0.2) is 0 Å². The maximum Gasteiger partial charge on any atom is 0.236 e. The molecule has 1 aromatic rings. The molecule has 0 spiro atoms. The number of aryl methyl sites for hydroxylation is 2. The molecule has 2 atom stereocenters. The van der Waals surface area contributed by atoms with Crippen LogP contribution in [-0.2, 0) is 9.53 Å². The maximum absolute atomic E-state index is 11.8. The third-order valence-electron chi connectivity index (χ3n) is 3.04. The molecular formula is C14H24N2O2S. The molecule has 1 aromatic heterocycles. The average molecular weight is 284 g/mol. The second kappa shape index (κ2) is 7.62. The van der Waals surface area contributed by atoms with Crippen molar-refractivity contribution >= 4 is 17.2 Å². The predicted octanol–water partition coefficient (Wildman–Crippen LogP) is 2.17. The van der Waals surface area contributed by atoms with Gasteiger partial charge in [-0.3, -0.25) is 10.1 Å². The number of rotatable bonds is 7. The number of carbonyl (C=O) groups excluding carboxylic acids is 1. The van der Waals surface area contributed by atoms with Crippen molar-refractivity contribution in [3.63, 3.8) is 0 Å². The lowest BCUT2D eigenvalue weighted by molar-refractivity contribution is -0.123. The van der Waals surface area contributed by atoms with E-state index in [2.05, 4.69) is 37.5 Å². The topological polar surface area (TPSA) is 50.4 Å². The number of hydrogen-bond acceptors (Lipinski definition) is 4. The minimum Gasteiger partial charge on any atom is -0.383 e. The summed E-state index contributed by atoms with van der Waals surface area (Å²) < 4.78 is 4.91. The van der Waals surface area contributed by atoms with Crippen molar-refractivity contribution in [2.75, 3.05) is 20.3 Å². The predicted molar refractivity (Wildman–Crippen MR) is 79.7 cm³/mol. The van der Waals surface area contributed by atoms with Gasteiger partial charge in [0.05, 0.1) is 12.6 Å². The fourth-order valence-corrected chi connectivity index (χ4v) is 3.07. The first kappa shape index (κ1) is 16.1. The number of amides is 1. The van der Waals surface area contributed by atoms with Crippen LogP contribution < -0.4 is 10.6 Å². The lowest BCUT2D eigenvalue weighted by Crippen LogP contribution is -2.44. The van der Waals surface area contributed by atoms with Gasteiger partial charge >= 0.3 is 0 Å². The molecule has 0 radical (unpaired) electrons. The van der Waals surface area contributed by atoms with Gasteiger partial charge in [0, 0.05) is 29.5 Å². The highest BCUT2D eigenvalue weighted by atomic mass is 32.1. The molecule has 5 heteroatoms. The normalized spacial score (nSPS) is 14.2. The van der Waals surface area contributed by atoms with Gasteiger partial charge in [0.15, 0.2) is 0 Å². The van der Waals surface area contributed by atoms with Crippen LogP contribution in [0.2, 0.25) is 0 Å². The number of carbonyl (C=O) groups is 1. The average Bonchev–Trinajstić information content (AvgIpc) is 2.68. The Morgan fingerprint density at radius 3 is 2.63 bits per heavy atom. The van der Waals surface area contributed by atoms with Crippen molar-refractivity contribution in [3.05, 3.63) is 21.4 Å². The van der Waals surface area contributed by atoms with Crippen molar-refractivity contribution in [1.82, 2.24) is 10.6 Å². The monoisotopic (exact) mass is 284 g/mol. The third-order valence-corrected chi connectivity index (χ3v) is 4.03. The minimum atomic E-state index is -0.216. The highest BCUT2D eigenvalue weighted by molar-refractivity contribution is 7.12. The van der Waals surface area contributed by atoms with Crippen LogP contribution in [-0.4, -0.2) is 32.2 Å². The Labute approximate surface area is 119 Å². The van der Waals surface area contributed by atoms with Crippen molar-refractivity contribution in [1.29, 1.82) is 0 Å². The van der Waals surface area contributed by atoms with Gasteiger partial charge in [0.25, 0.3) is 0 Å². The number of nitrogens with one attached hydrogen (secondary N) is 2. The molecule has 0 bridgehead atoms. The molecule has 1 amide bonds. The summed E-state index contributed by atoms with van der Waals surface area (Å²) >= 11 is 1.79. The van der Waals surface area contributed by atoms with Crippen molar-refractivity contribution in [2.24, 2.45) is 0 Å². The first-order valence-electron chi connectivity index (χ1n) is 6.55. The fraction of sp³-hybridized carbons (Fsp3) is 0.643. The van der Waals surface area contributed by atoms with Gasteiger partial charge in [-0.15, -0.1) is 11.3 Å². The molecule has 0 saturated carbocycles. The van der Waals surface area contributed by atoms with E-state index in [-0.39, 0.29) is 18.0 Å². The Bertz CT molecular complexity index is 418. The number of hydrogen-bond donors (Lipinski definition) is 2. The zero-order valence-corrected chi connectivity index (χ0v) is 13.2. The van der Waals surface area contributed by atoms with Gasteiger partial charge in [-0.2, -0.15) is 0 Å². The van der Waals surface area contributed by atoms with E-state index in [0.717, 1.165) is 0 Å². The highest BCUT2D eigenvalue weighted by Gasteiger charge is 2.17. The van der Waals surface area contributed by atoms with Crippen LogP contribution in [0.15, 0.2) is 6.07 Å². The van der Waals surface area contributed by atoms with Crippen LogP contribution in [0, 0.1) is 13.8 Å². The lowest BCUT2D eigenvalue weighted by Gasteiger charge is -2.19. The van der Waals surface area contributed by atoms with Crippen LogP contribution in [0.1, 0.15) is 35.2 Å². The van der Waals surface area contributed by atoms with Gasteiger partial charge in [-0.1, -0.05) is 0 Å². The van der Waals surface area contributed by atoms with E-state index in [1.165, 1.54) is 15.3 Å². The lowest BCUT2D eigenvalue weighted by atomic mass is 10.1. The SMILES string of the molecule is COCCNC(=O)C(C)NC(C)c1cc(C)sc1C. The molecule has 1 rings (SSSR count). The highest BCUT2D eigenvalue weighted by Crippen LogP contribution is 2.26. The van der Waals surface area contributed by atoms with Gasteiger partial charge in [0.2, 0.25) is 5.91 Å². The van der Waals surface area contributed by atoms with Gasteiger partial charge in [-0.05, 0) is 39.3 Å². The standard InChI is InChI=1S/C14H24N2O2S/c1-9-8-13(12(4)19-9)10(2)16-11(3)14(17)15-6-7-18-5/h8,10-11,16H,6-7H2,1-5H3,(H,15,17). The molecule has 19 heavy (non-hydrogen) atoms. The van der Waals surface area contributed by atoms with E-state index in [0.29, 0.717) is 13.2 Å². The van der Waals surface area contributed by atoms with E-state index in [9.17, 15) is 4.79 Å². The molecule has 2 unspecified atom stereocenters. The largest absolute Gasteiger partial charge is 0.383 e. The first-order chi connectivity index (χ1) is 8.95. The first-order valence-corrected chi connectivity index (χ1v) is 7.37. The molecule has 0 aromatic carbocycles. The molecule has 0 aliphatic carbocycles. The molecule has 0 aliphatic heterocycles. The number of ether oxygens (including phenoxy) is 1. The summed E-state index contributed by atoms with van der Waals surface area (Å²) in [6.45, 7) is 9.28. The summed E-state index contributed by atoms with van der Waals surface area (Å²) in [7, 11) is 1.62. The van der Waals surface area contributed by atoms with Crippen LogP contribution in [0.4, 0.5) is 0 Å². The van der Waals surface area contributed by atoms with Crippen molar-refractivity contribution in [2.45, 2.75) is 39.8 Å². The zero-order valence-electron chi connectivity index (χ0n) is 12.4. The number of thiophene rings is 1. The Kier molecular flexibility index (Phi) is 6.48. The summed E-state index contributed by atoms with van der Waals surface area (Å²) in [5.41, 5.74) is 1.28. The van der Waals surface area contributed by atoms with Crippen molar-refractivity contribution in [3.8, 4) is 0 Å². The molecule has 0 saturated heterocycles. The van der Waals surface area contributed by atoms with E-state index in [1.807, 2.05) is 6.92 Å². The third kappa shape index (κ3) is 4.93. The minimum absolute atomic E-state index is 0.00787. The molecule has 0 fully saturated rings. The molecule has 1 heterocycles. The summed E-state index contributed by atoms with van der Waals surface area (Å²) in [5, 5.41) is 6.17. The van der Waals surface area contributed by atoms with Crippen LogP contribution in [0.25, 0.3) is 0 Å². The molecule has 4 nitrogen and oxygen atoms in total. The Balaban J connectivity index is 2.49. The van der Waals surface area contributed by atoms with Crippen molar-refractivity contribution < 1.29 is 9.53 Å². The maximum atomic E-state index is 11.8. The molecule has 2 N–H and O–H groups in total. The van der Waals surface area contributed by atoms with Gasteiger partial charge < -0.3 is 10.1 Å². The molecule has 108 valence electrons. The second-order valence-electron chi connectivity index (χ2n) is 4.76. The smallest absolute Gasteiger partial charge is 0.236 e. The summed E-state index contributed by atoms with van der Waals surface area (Å²) in [4.78, 5) is 14.5. The van der Waals surface area contributed by atoms with Crippen LogP contribution in [0.3, 0.4) is 0 Å². The fourth-order valence-electron chi connectivity index (χ4n) is 2.05. The second-order valence-corrected chi connectivity index (χ2v) is 6.22. The van der Waals surface area contributed by atoms with E-state index >= 15 is 0 Å². The quantitative estimate of drug-likeness (QED) is 0.755. The summed E-state index contributed by atoms with van der Waals surface area (Å²) in [6.07, 6.45) is 0. The Morgan fingerprint density at radius 2 is 2.11 bits per heavy atom. The van der Waals surface area contributed by atoms with E-state index in [4.69, 9.17) is 4.74 Å². The zero-order chi connectivity index (χ0) is 14.4. The van der Waals surface area contributed by atoms with E-state index in [1.54, 1.807) is 18.4 Å². The number of methoxy groups -OCH3 is 1. The van der Waals surface area contributed by atoms with E-state index < -0.39 is 0 Å². The summed E-state index contributed by atoms with van der Waals surface area (Å²) in [5.74, 6) is 0.00787. The molecule has 0 aliphatic rings. The molecular weight excluding hydrogens is 260 g/mol. The Hall–Kier alpha value is -0.910.